The summed E-state index contributed by atoms with van der Waals surface area (Å²) in [5.41, 5.74) is 0.480. The van der Waals surface area contributed by atoms with E-state index in [-0.39, 0.29) is 11.3 Å². The number of aldehydes is 1. The van der Waals surface area contributed by atoms with E-state index in [9.17, 15) is 13.2 Å². The SMILES string of the molecule is COc1ccc(C=O)c(NS(C)(=O)=O)c1. The van der Waals surface area contributed by atoms with Crippen LogP contribution < -0.4 is 9.46 Å². The normalized spacial score (nSPS) is 10.8. The van der Waals surface area contributed by atoms with E-state index < -0.39 is 10.0 Å². The van der Waals surface area contributed by atoms with Crippen molar-refractivity contribution in [3.63, 3.8) is 0 Å². The number of nitrogens with one attached hydrogen (secondary N) is 1. The van der Waals surface area contributed by atoms with E-state index in [1.54, 1.807) is 6.07 Å². The zero-order valence-corrected chi connectivity index (χ0v) is 9.17. The fourth-order valence-corrected chi connectivity index (χ4v) is 1.63. The van der Waals surface area contributed by atoms with Crippen LogP contribution in [-0.4, -0.2) is 28.1 Å². The van der Waals surface area contributed by atoms with Crippen molar-refractivity contribution in [1.29, 1.82) is 0 Å². The van der Waals surface area contributed by atoms with Crippen molar-refractivity contribution < 1.29 is 17.9 Å². The van der Waals surface area contributed by atoms with E-state index in [2.05, 4.69) is 4.72 Å². The van der Waals surface area contributed by atoms with Crippen LogP contribution in [0.5, 0.6) is 5.75 Å². The van der Waals surface area contributed by atoms with Gasteiger partial charge in [0, 0.05) is 11.6 Å². The lowest BCUT2D eigenvalue weighted by Gasteiger charge is -2.08. The van der Waals surface area contributed by atoms with Crippen LogP contribution in [0.15, 0.2) is 18.2 Å². The second-order valence-corrected chi connectivity index (χ2v) is 4.69. The highest BCUT2D eigenvalue weighted by molar-refractivity contribution is 7.92. The first-order valence-corrected chi connectivity index (χ1v) is 5.96. The van der Waals surface area contributed by atoms with Gasteiger partial charge >= 0.3 is 0 Å². The van der Waals surface area contributed by atoms with Crippen molar-refractivity contribution in [2.45, 2.75) is 0 Å². The largest absolute Gasteiger partial charge is 0.497 e. The highest BCUT2D eigenvalue weighted by Crippen LogP contribution is 2.21. The molecule has 0 bridgehead atoms. The summed E-state index contributed by atoms with van der Waals surface area (Å²) < 4.78 is 29.2. The lowest BCUT2D eigenvalue weighted by molar-refractivity contribution is 0.112. The molecule has 0 aliphatic heterocycles. The Bertz CT molecular complexity index is 467. The Morgan fingerprint density at radius 2 is 2.07 bits per heavy atom. The molecule has 0 spiro atoms. The molecule has 0 heterocycles. The van der Waals surface area contributed by atoms with Gasteiger partial charge in [-0.1, -0.05) is 0 Å². The van der Waals surface area contributed by atoms with Gasteiger partial charge in [0.15, 0.2) is 6.29 Å². The third-order valence-electron chi connectivity index (χ3n) is 1.68. The van der Waals surface area contributed by atoms with E-state index in [4.69, 9.17) is 4.74 Å². The Hall–Kier alpha value is -1.56. The Morgan fingerprint density at radius 1 is 1.40 bits per heavy atom. The second kappa shape index (κ2) is 4.31. The smallest absolute Gasteiger partial charge is 0.229 e. The maximum atomic E-state index is 11.0. The van der Waals surface area contributed by atoms with Gasteiger partial charge in [-0.2, -0.15) is 0 Å². The van der Waals surface area contributed by atoms with Crippen LogP contribution in [0.1, 0.15) is 10.4 Å². The molecule has 0 amide bonds. The Morgan fingerprint density at radius 3 is 2.53 bits per heavy atom. The molecular weight excluding hydrogens is 218 g/mol. The number of hydrogen-bond acceptors (Lipinski definition) is 4. The summed E-state index contributed by atoms with van der Waals surface area (Å²) in [4.78, 5) is 10.6. The van der Waals surface area contributed by atoms with Gasteiger partial charge < -0.3 is 4.74 Å². The van der Waals surface area contributed by atoms with Crippen molar-refractivity contribution in [2.24, 2.45) is 0 Å². The summed E-state index contributed by atoms with van der Waals surface area (Å²) in [6.45, 7) is 0. The van der Waals surface area contributed by atoms with E-state index in [1.165, 1.54) is 19.2 Å². The van der Waals surface area contributed by atoms with E-state index >= 15 is 0 Å². The van der Waals surface area contributed by atoms with Crippen LogP contribution in [-0.2, 0) is 10.0 Å². The second-order valence-electron chi connectivity index (χ2n) is 2.95. The number of methoxy groups -OCH3 is 1. The van der Waals surface area contributed by atoms with Crippen LogP contribution in [0.4, 0.5) is 5.69 Å². The average Bonchev–Trinajstić information content (AvgIpc) is 2.15. The summed E-state index contributed by atoms with van der Waals surface area (Å²) in [7, 11) is -1.94. The summed E-state index contributed by atoms with van der Waals surface area (Å²) in [6.07, 6.45) is 1.59. The summed E-state index contributed by atoms with van der Waals surface area (Å²) in [5.74, 6) is 0.478. The molecule has 82 valence electrons. The Labute approximate surface area is 88.1 Å². The average molecular weight is 229 g/mol. The van der Waals surface area contributed by atoms with Gasteiger partial charge in [0.1, 0.15) is 5.75 Å². The molecule has 0 saturated carbocycles. The first kappa shape index (κ1) is 11.5. The molecule has 0 aliphatic carbocycles. The van der Waals surface area contributed by atoms with Crippen LogP contribution in [0.3, 0.4) is 0 Å². The van der Waals surface area contributed by atoms with Gasteiger partial charge in [0.05, 0.1) is 19.1 Å². The molecule has 1 aromatic carbocycles. The molecule has 0 aliphatic rings. The van der Waals surface area contributed by atoms with Crippen molar-refractivity contribution >= 4 is 22.0 Å². The van der Waals surface area contributed by atoms with E-state index in [0.717, 1.165) is 6.26 Å². The molecule has 5 nitrogen and oxygen atoms in total. The summed E-state index contributed by atoms with van der Waals surface area (Å²) in [6, 6.07) is 4.52. The highest BCUT2D eigenvalue weighted by Gasteiger charge is 2.08. The van der Waals surface area contributed by atoms with Crippen LogP contribution >= 0.6 is 0 Å². The van der Waals surface area contributed by atoms with Gasteiger partial charge in [-0.25, -0.2) is 8.42 Å². The number of carbonyl (C=O) groups is 1. The number of benzene rings is 1. The summed E-state index contributed by atoms with van der Waals surface area (Å²) >= 11 is 0. The molecule has 15 heavy (non-hydrogen) atoms. The molecule has 0 aromatic heterocycles. The zero-order chi connectivity index (χ0) is 11.5. The standard InChI is InChI=1S/C9H11NO4S/c1-14-8-4-3-7(6-11)9(5-8)10-15(2,12)13/h3-6,10H,1-2H3. The quantitative estimate of drug-likeness (QED) is 0.778. The van der Waals surface area contributed by atoms with Gasteiger partial charge in [-0.15, -0.1) is 0 Å². The molecule has 1 rings (SSSR count). The number of sulfonamides is 1. The molecule has 0 unspecified atom stereocenters. The minimum Gasteiger partial charge on any atom is -0.497 e. The Kier molecular flexibility index (Phi) is 3.31. The molecular formula is C9H11NO4S. The molecule has 6 heteroatoms. The number of carbonyl (C=O) groups excluding carboxylic acids is 1. The molecule has 0 atom stereocenters. The topological polar surface area (TPSA) is 72.5 Å². The third-order valence-corrected chi connectivity index (χ3v) is 2.27. The zero-order valence-electron chi connectivity index (χ0n) is 8.35. The highest BCUT2D eigenvalue weighted by atomic mass is 32.2. The van der Waals surface area contributed by atoms with Crippen molar-refractivity contribution in [3.05, 3.63) is 23.8 Å². The van der Waals surface area contributed by atoms with Gasteiger partial charge in [-0.05, 0) is 12.1 Å². The minimum absolute atomic E-state index is 0.215. The van der Waals surface area contributed by atoms with Crippen LogP contribution in [0.25, 0.3) is 0 Å². The predicted octanol–water partition coefficient (Wildman–Crippen LogP) is 0.879. The van der Waals surface area contributed by atoms with Crippen LogP contribution in [0.2, 0.25) is 0 Å². The fraction of sp³-hybridized carbons (Fsp3) is 0.222. The third kappa shape index (κ3) is 3.25. The number of anilines is 1. The van der Waals surface area contributed by atoms with Gasteiger partial charge in [0.2, 0.25) is 10.0 Å². The van der Waals surface area contributed by atoms with E-state index in [1.807, 2.05) is 0 Å². The molecule has 0 fully saturated rings. The van der Waals surface area contributed by atoms with Gasteiger partial charge in [0.25, 0.3) is 0 Å². The molecule has 1 aromatic rings. The first-order chi connectivity index (χ1) is 6.96. The van der Waals surface area contributed by atoms with Crippen molar-refractivity contribution in [1.82, 2.24) is 0 Å². The number of hydrogen-bond donors (Lipinski definition) is 1. The monoisotopic (exact) mass is 229 g/mol. The first-order valence-electron chi connectivity index (χ1n) is 4.07. The lowest BCUT2D eigenvalue weighted by Crippen LogP contribution is -2.11. The van der Waals surface area contributed by atoms with Crippen LogP contribution in [0, 0.1) is 0 Å². The van der Waals surface area contributed by atoms with Crippen molar-refractivity contribution in [2.75, 3.05) is 18.1 Å². The molecule has 0 radical (unpaired) electrons. The van der Waals surface area contributed by atoms with Crippen molar-refractivity contribution in [3.8, 4) is 5.75 Å². The molecule has 0 saturated heterocycles. The van der Waals surface area contributed by atoms with Gasteiger partial charge in [-0.3, -0.25) is 9.52 Å². The summed E-state index contributed by atoms with van der Waals surface area (Å²) in [5, 5.41) is 0. The maximum Gasteiger partial charge on any atom is 0.229 e. The number of ether oxygens (including phenoxy) is 1. The fourth-order valence-electron chi connectivity index (χ4n) is 1.05. The minimum atomic E-state index is -3.40. The Balaban J connectivity index is 3.18. The van der Waals surface area contributed by atoms with E-state index in [0.29, 0.717) is 12.0 Å². The maximum absolute atomic E-state index is 11.0. The lowest BCUT2D eigenvalue weighted by atomic mass is 10.2. The molecule has 1 N–H and O–H groups in total. The predicted molar refractivity (Wildman–Crippen MR) is 56.8 cm³/mol. The number of rotatable bonds is 4.